The van der Waals surface area contributed by atoms with Gasteiger partial charge in [-0.2, -0.15) is 0 Å². The number of ether oxygens (including phenoxy) is 1. The van der Waals surface area contributed by atoms with Crippen LogP contribution >= 0.6 is 0 Å². The minimum Gasteiger partial charge on any atom is -0.457 e. The Labute approximate surface area is 121 Å². The van der Waals surface area contributed by atoms with Crippen molar-refractivity contribution in [1.82, 2.24) is 5.32 Å². The predicted molar refractivity (Wildman–Crippen MR) is 84.5 cm³/mol. The number of rotatable bonds is 5. The van der Waals surface area contributed by atoms with Crippen LogP contribution in [0.4, 0.5) is 0 Å². The van der Waals surface area contributed by atoms with Crippen molar-refractivity contribution in [1.29, 1.82) is 0 Å². The van der Waals surface area contributed by atoms with Crippen molar-refractivity contribution in [3.8, 4) is 11.5 Å². The summed E-state index contributed by atoms with van der Waals surface area (Å²) in [6.45, 7) is 6.47. The highest BCUT2D eigenvalue weighted by atomic mass is 16.5. The second-order valence-electron chi connectivity index (χ2n) is 5.87. The van der Waals surface area contributed by atoms with E-state index in [1.165, 1.54) is 11.1 Å². The zero-order valence-electron chi connectivity index (χ0n) is 12.7. The van der Waals surface area contributed by atoms with Crippen LogP contribution in [-0.2, 0) is 6.42 Å². The molecule has 0 aliphatic heterocycles. The van der Waals surface area contributed by atoms with Gasteiger partial charge in [-0.15, -0.1) is 0 Å². The van der Waals surface area contributed by atoms with Crippen LogP contribution < -0.4 is 10.1 Å². The summed E-state index contributed by atoms with van der Waals surface area (Å²) in [5, 5.41) is 3.32. The molecule has 2 aromatic rings. The first-order valence-electron chi connectivity index (χ1n) is 7.01. The van der Waals surface area contributed by atoms with Crippen molar-refractivity contribution in [2.75, 3.05) is 7.05 Å². The molecule has 0 aliphatic carbocycles. The molecule has 0 aliphatic rings. The minimum absolute atomic E-state index is 0.110. The molecule has 2 nitrogen and oxygen atoms in total. The van der Waals surface area contributed by atoms with Crippen LogP contribution in [0, 0.1) is 6.92 Å². The highest BCUT2D eigenvalue weighted by Gasteiger charge is 2.15. The van der Waals surface area contributed by atoms with Gasteiger partial charge in [0.2, 0.25) is 0 Å². The number of hydrogen-bond donors (Lipinski definition) is 1. The van der Waals surface area contributed by atoms with Crippen molar-refractivity contribution in [3.63, 3.8) is 0 Å². The summed E-state index contributed by atoms with van der Waals surface area (Å²) in [6.07, 6.45) is 0.994. The van der Waals surface area contributed by atoms with Crippen LogP contribution in [0.5, 0.6) is 11.5 Å². The molecule has 2 heteroatoms. The first kappa shape index (κ1) is 14.6. The Bertz CT molecular complexity index is 541. The van der Waals surface area contributed by atoms with E-state index in [1.54, 1.807) is 0 Å². The summed E-state index contributed by atoms with van der Waals surface area (Å²) in [4.78, 5) is 0. The molecule has 0 bridgehead atoms. The van der Waals surface area contributed by atoms with E-state index in [1.807, 2.05) is 31.3 Å². The molecule has 0 atom stereocenters. The highest BCUT2D eigenvalue weighted by Crippen LogP contribution is 2.23. The van der Waals surface area contributed by atoms with Crippen molar-refractivity contribution < 1.29 is 4.74 Å². The number of benzene rings is 2. The summed E-state index contributed by atoms with van der Waals surface area (Å²) in [5.41, 5.74) is 2.65. The van der Waals surface area contributed by atoms with Gasteiger partial charge in [0.1, 0.15) is 11.5 Å². The summed E-state index contributed by atoms with van der Waals surface area (Å²) in [5.74, 6) is 1.75. The molecular weight excluding hydrogens is 246 g/mol. The van der Waals surface area contributed by atoms with Gasteiger partial charge in [-0.25, -0.2) is 0 Å². The van der Waals surface area contributed by atoms with E-state index in [4.69, 9.17) is 4.74 Å². The van der Waals surface area contributed by atoms with Gasteiger partial charge in [0.25, 0.3) is 0 Å². The largest absolute Gasteiger partial charge is 0.457 e. The molecule has 0 radical (unpaired) electrons. The molecule has 0 aromatic heterocycles. The molecule has 0 spiro atoms. The van der Waals surface area contributed by atoms with E-state index < -0.39 is 0 Å². The molecule has 0 heterocycles. The van der Waals surface area contributed by atoms with Gasteiger partial charge >= 0.3 is 0 Å². The normalized spacial score (nSPS) is 11.4. The van der Waals surface area contributed by atoms with E-state index in [0.717, 1.165) is 17.9 Å². The minimum atomic E-state index is 0.110. The maximum Gasteiger partial charge on any atom is 0.127 e. The molecule has 0 saturated carbocycles. The van der Waals surface area contributed by atoms with Gasteiger partial charge in [-0.3, -0.25) is 0 Å². The fourth-order valence-corrected chi connectivity index (χ4v) is 2.02. The van der Waals surface area contributed by atoms with Crippen LogP contribution in [0.2, 0.25) is 0 Å². The number of hydrogen-bond acceptors (Lipinski definition) is 2. The third-order valence-corrected chi connectivity index (χ3v) is 3.50. The zero-order chi connectivity index (χ0) is 14.6. The summed E-state index contributed by atoms with van der Waals surface area (Å²) < 4.78 is 5.83. The Kier molecular flexibility index (Phi) is 4.46. The van der Waals surface area contributed by atoms with Gasteiger partial charge in [0, 0.05) is 5.54 Å². The Hall–Kier alpha value is -1.80. The van der Waals surface area contributed by atoms with E-state index in [2.05, 4.69) is 50.4 Å². The Morgan fingerprint density at radius 3 is 1.90 bits per heavy atom. The van der Waals surface area contributed by atoms with E-state index in [0.29, 0.717) is 0 Å². The predicted octanol–water partition coefficient (Wildman–Crippen LogP) is 4.33. The maximum absolute atomic E-state index is 5.83. The standard InChI is InChI=1S/C18H23NO/c1-14-5-9-16(10-6-14)20-17-11-7-15(8-12-17)13-18(2,3)19-4/h5-12,19H,13H2,1-4H3. The maximum atomic E-state index is 5.83. The molecule has 0 amide bonds. The second-order valence-corrected chi connectivity index (χ2v) is 5.87. The fraction of sp³-hybridized carbons (Fsp3) is 0.333. The number of nitrogens with one attached hydrogen (secondary N) is 1. The lowest BCUT2D eigenvalue weighted by molar-refractivity contribution is 0.421. The van der Waals surface area contributed by atoms with E-state index >= 15 is 0 Å². The van der Waals surface area contributed by atoms with Crippen molar-refractivity contribution >= 4 is 0 Å². The lowest BCUT2D eigenvalue weighted by Gasteiger charge is -2.24. The van der Waals surface area contributed by atoms with Crippen molar-refractivity contribution in [3.05, 3.63) is 59.7 Å². The first-order chi connectivity index (χ1) is 9.48. The van der Waals surface area contributed by atoms with Crippen LogP contribution in [0.15, 0.2) is 48.5 Å². The van der Waals surface area contributed by atoms with Gasteiger partial charge < -0.3 is 10.1 Å². The van der Waals surface area contributed by atoms with Gasteiger partial charge in [-0.1, -0.05) is 29.8 Å². The molecule has 0 saturated heterocycles. The Balaban J connectivity index is 2.03. The molecule has 0 unspecified atom stereocenters. The fourth-order valence-electron chi connectivity index (χ4n) is 2.02. The third kappa shape index (κ3) is 4.10. The van der Waals surface area contributed by atoms with Gasteiger partial charge in [0.15, 0.2) is 0 Å². The van der Waals surface area contributed by atoms with Gasteiger partial charge in [-0.05, 0) is 64.1 Å². The molecule has 0 fully saturated rings. The topological polar surface area (TPSA) is 21.3 Å². The smallest absolute Gasteiger partial charge is 0.127 e. The summed E-state index contributed by atoms with van der Waals surface area (Å²) >= 11 is 0. The van der Waals surface area contributed by atoms with Gasteiger partial charge in [0.05, 0.1) is 0 Å². The van der Waals surface area contributed by atoms with Crippen LogP contribution in [0.3, 0.4) is 0 Å². The lowest BCUT2D eigenvalue weighted by atomic mass is 9.95. The summed E-state index contributed by atoms with van der Waals surface area (Å²) in [7, 11) is 1.99. The molecule has 1 N–H and O–H groups in total. The summed E-state index contributed by atoms with van der Waals surface area (Å²) in [6, 6.07) is 16.4. The highest BCUT2D eigenvalue weighted by molar-refractivity contribution is 5.34. The number of likely N-dealkylation sites (N-methyl/N-ethyl adjacent to an activating group) is 1. The van der Waals surface area contributed by atoms with Crippen LogP contribution in [-0.4, -0.2) is 12.6 Å². The van der Waals surface area contributed by atoms with Crippen LogP contribution in [0.25, 0.3) is 0 Å². The SMILES string of the molecule is CNC(C)(C)Cc1ccc(Oc2ccc(C)cc2)cc1. The second kappa shape index (κ2) is 6.10. The third-order valence-electron chi connectivity index (χ3n) is 3.50. The number of aryl methyl sites for hydroxylation is 1. The van der Waals surface area contributed by atoms with Crippen LogP contribution in [0.1, 0.15) is 25.0 Å². The molecule has 106 valence electrons. The molecule has 2 aromatic carbocycles. The molecular formula is C18H23NO. The monoisotopic (exact) mass is 269 g/mol. The molecule has 20 heavy (non-hydrogen) atoms. The Morgan fingerprint density at radius 1 is 0.900 bits per heavy atom. The zero-order valence-corrected chi connectivity index (χ0v) is 12.7. The van der Waals surface area contributed by atoms with E-state index in [9.17, 15) is 0 Å². The Morgan fingerprint density at radius 2 is 1.40 bits per heavy atom. The van der Waals surface area contributed by atoms with Crippen molar-refractivity contribution in [2.24, 2.45) is 0 Å². The quantitative estimate of drug-likeness (QED) is 0.872. The average molecular weight is 269 g/mol. The first-order valence-corrected chi connectivity index (χ1v) is 7.01. The lowest BCUT2D eigenvalue weighted by Crippen LogP contribution is -2.38. The average Bonchev–Trinajstić information content (AvgIpc) is 2.43. The van der Waals surface area contributed by atoms with E-state index in [-0.39, 0.29) is 5.54 Å². The van der Waals surface area contributed by atoms with Crippen molar-refractivity contribution in [2.45, 2.75) is 32.7 Å². The molecule has 2 rings (SSSR count).